The van der Waals surface area contributed by atoms with Crippen molar-refractivity contribution in [3.05, 3.63) is 52.5 Å². The van der Waals surface area contributed by atoms with Crippen LogP contribution in [0, 0.1) is 0 Å². The molecule has 0 saturated carbocycles. The molecule has 6 nitrogen and oxygen atoms in total. The Balaban J connectivity index is 1.87. The van der Waals surface area contributed by atoms with Crippen molar-refractivity contribution < 1.29 is 23.8 Å². The summed E-state index contributed by atoms with van der Waals surface area (Å²) in [5, 5.41) is 2.98. The molecule has 174 valence electrons. The zero-order chi connectivity index (χ0) is 23.7. The molecule has 0 aromatic heterocycles. The van der Waals surface area contributed by atoms with Crippen molar-refractivity contribution in [2.45, 2.75) is 52.4 Å². The van der Waals surface area contributed by atoms with E-state index in [0.717, 1.165) is 12.2 Å². The van der Waals surface area contributed by atoms with E-state index in [9.17, 15) is 9.59 Å². The summed E-state index contributed by atoms with van der Waals surface area (Å²) in [6, 6.07) is 11.0. The normalized spacial score (nSPS) is 11.1. The molecule has 0 spiro atoms. The molecule has 0 atom stereocenters. The zero-order valence-corrected chi connectivity index (χ0v) is 20.2. The average Bonchev–Trinajstić information content (AvgIpc) is 2.78. The van der Waals surface area contributed by atoms with Gasteiger partial charge in [0, 0.05) is 12.5 Å². The maximum Gasteiger partial charge on any atom is 0.341 e. The SMILES string of the molecule is CCOC(=O)c1cc(Cl)c(NC(=O)CCCOc2ccc(C(C)(C)CC)cc2)cc1OC. The van der Waals surface area contributed by atoms with Gasteiger partial charge in [0.2, 0.25) is 5.91 Å². The summed E-state index contributed by atoms with van der Waals surface area (Å²) in [6.07, 6.45) is 1.87. The summed E-state index contributed by atoms with van der Waals surface area (Å²) in [4.78, 5) is 24.3. The minimum atomic E-state index is -0.535. The second-order valence-electron chi connectivity index (χ2n) is 8.01. The molecule has 0 aliphatic carbocycles. The van der Waals surface area contributed by atoms with Crippen LogP contribution in [0.4, 0.5) is 5.69 Å². The van der Waals surface area contributed by atoms with Crippen LogP contribution in [0.25, 0.3) is 0 Å². The van der Waals surface area contributed by atoms with Crippen LogP contribution >= 0.6 is 11.6 Å². The van der Waals surface area contributed by atoms with Gasteiger partial charge in [-0.2, -0.15) is 0 Å². The summed E-state index contributed by atoms with van der Waals surface area (Å²) < 4.78 is 16.0. The predicted molar refractivity (Wildman–Crippen MR) is 127 cm³/mol. The molecule has 0 aliphatic rings. The number of rotatable bonds is 11. The minimum Gasteiger partial charge on any atom is -0.496 e. The van der Waals surface area contributed by atoms with Crippen molar-refractivity contribution in [2.75, 3.05) is 25.6 Å². The van der Waals surface area contributed by atoms with E-state index in [1.807, 2.05) is 12.1 Å². The van der Waals surface area contributed by atoms with E-state index in [-0.39, 0.29) is 40.7 Å². The van der Waals surface area contributed by atoms with Gasteiger partial charge in [0.05, 0.1) is 31.0 Å². The second kappa shape index (κ2) is 11.8. The average molecular weight is 462 g/mol. The minimum absolute atomic E-state index is 0.134. The zero-order valence-electron chi connectivity index (χ0n) is 19.4. The standard InChI is InChI=1S/C25H32ClNO5/c1-6-25(3,4)17-10-12-18(13-11-17)32-14-8-9-23(28)27-21-16-22(30-5)19(15-20(21)26)24(29)31-7-2/h10-13,15-16H,6-9,14H2,1-5H3,(H,27,28). The van der Waals surface area contributed by atoms with Gasteiger partial charge in [-0.25, -0.2) is 4.79 Å². The summed E-state index contributed by atoms with van der Waals surface area (Å²) in [5.74, 6) is 0.318. The Morgan fingerprint density at radius 2 is 1.78 bits per heavy atom. The molecule has 32 heavy (non-hydrogen) atoms. The number of anilines is 1. The predicted octanol–water partition coefficient (Wildman–Crippen LogP) is 6.01. The molecule has 0 bridgehead atoms. The molecule has 2 aromatic rings. The van der Waals surface area contributed by atoms with E-state index in [0.29, 0.717) is 18.7 Å². The second-order valence-corrected chi connectivity index (χ2v) is 8.42. The van der Waals surface area contributed by atoms with Gasteiger partial charge >= 0.3 is 5.97 Å². The van der Waals surface area contributed by atoms with E-state index >= 15 is 0 Å². The fourth-order valence-electron chi connectivity index (χ4n) is 3.03. The molecule has 7 heteroatoms. The first-order chi connectivity index (χ1) is 15.2. The van der Waals surface area contributed by atoms with Crippen molar-refractivity contribution in [2.24, 2.45) is 0 Å². The van der Waals surface area contributed by atoms with Crippen molar-refractivity contribution in [1.82, 2.24) is 0 Å². The van der Waals surface area contributed by atoms with Crippen LogP contribution in [-0.2, 0) is 14.9 Å². The van der Waals surface area contributed by atoms with Gasteiger partial charge in [0.15, 0.2) is 0 Å². The number of amides is 1. The Kier molecular flexibility index (Phi) is 9.39. The first-order valence-electron chi connectivity index (χ1n) is 10.8. The van der Waals surface area contributed by atoms with Crippen LogP contribution in [0.1, 0.15) is 62.9 Å². The van der Waals surface area contributed by atoms with E-state index in [1.54, 1.807) is 6.92 Å². The van der Waals surface area contributed by atoms with Gasteiger partial charge in [-0.15, -0.1) is 0 Å². The van der Waals surface area contributed by atoms with Gasteiger partial charge in [-0.05, 0) is 48.9 Å². The molecule has 0 fully saturated rings. The Morgan fingerprint density at radius 1 is 1.09 bits per heavy atom. The first-order valence-corrected chi connectivity index (χ1v) is 11.2. The summed E-state index contributed by atoms with van der Waals surface area (Å²) in [7, 11) is 1.44. The topological polar surface area (TPSA) is 73.9 Å². The van der Waals surface area contributed by atoms with Gasteiger partial charge in [0.25, 0.3) is 0 Å². The lowest BCUT2D eigenvalue weighted by Gasteiger charge is -2.23. The molecule has 0 heterocycles. The summed E-state index contributed by atoms with van der Waals surface area (Å²) in [6.45, 7) is 8.98. The lowest BCUT2D eigenvalue weighted by molar-refractivity contribution is -0.116. The van der Waals surface area contributed by atoms with E-state index in [2.05, 4.69) is 38.2 Å². The van der Waals surface area contributed by atoms with E-state index < -0.39 is 5.97 Å². The molecule has 1 amide bonds. The number of carbonyl (C=O) groups is 2. The van der Waals surface area contributed by atoms with Gasteiger partial charge in [0.1, 0.15) is 17.1 Å². The lowest BCUT2D eigenvalue weighted by atomic mass is 9.82. The lowest BCUT2D eigenvalue weighted by Crippen LogP contribution is -2.15. The monoisotopic (exact) mass is 461 g/mol. The van der Waals surface area contributed by atoms with Crippen LogP contribution in [0.5, 0.6) is 11.5 Å². The number of benzene rings is 2. The summed E-state index contributed by atoms with van der Waals surface area (Å²) in [5.41, 5.74) is 1.98. The van der Waals surface area contributed by atoms with Crippen LogP contribution < -0.4 is 14.8 Å². The largest absolute Gasteiger partial charge is 0.496 e. The number of halogens is 1. The highest BCUT2D eigenvalue weighted by Gasteiger charge is 2.19. The maximum atomic E-state index is 12.3. The van der Waals surface area contributed by atoms with Crippen molar-refractivity contribution in [1.29, 1.82) is 0 Å². The number of hydrogen-bond acceptors (Lipinski definition) is 5. The molecule has 1 N–H and O–H groups in total. The number of esters is 1. The molecule has 0 saturated heterocycles. The molecular weight excluding hydrogens is 430 g/mol. The number of hydrogen-bond donors (Lipinski definition) is 1. The smallest absolute Gasteiger partial charge is 0.341 e. The summed E-state index contributed by atoms with van der Waals surface area (Å²) >= 11 is 6.24. The van der Waals surface area contributed by atoms with E-state index in [1.165, 1.54) is 24.8 Å². The van der Waals surface area contributed by atoms with Gasteiger partial charge in [-0.3, -0.25) is 4.79 Å². The fourth-order valence-corrected chi connectivity index (χ4v) is 3.24. The number of ether oxygens (including phenoxy) is 3. The van der Waals surface area contributed by atoms with Crippen LogP contribution in [0.15, 0.2) is 36.4 Å². The Bertz CT molecular complexity index is 925. The Morgan fingerprint density at radius 3 is 2.38 bits per heavy atom. The highest BCUT2D eigenvalue weighted by atomic mass is 35.5. The molecule has 0 unspecified atom stereocenters. The van der Waals surface area contributed by atoms with Crippen LogP contribution in [0.3, 0.4) is 0 Å². The highest BCUT2D eigenvalue weighted by Crippen LogP contribution is 2.32. The third-order valence-corrected chi connectivity index (χ3v) is 5.71. The number of methoxy groups -OCH3 is 1. The molecule has 0 aliphatic heterocycles. The molecule has 2 rings (SSSR count). The van der Waals surface area contributed by atoms with Gasteiger partial charge < -0.3 is 19.5 Å². The third kappa shape index (κ3) is 6.89. The van der Waals surface area contributed by atoms with Crippen molar-refractivity contribution >= 4 is 29.2 Å². The third-order valence-electron chi connectivity index (χ3n) is 5.40. The number of carbonyl (C=O) groups excluding carboxylic acids is 2. The Hall–Kier alpha value is -2.73. The van der Waals surface area contributed by atoms with Crippen LogP contribution in [0.2, 0.25) is 5.02 Å². The molecule has 2 aromatic carbocycles. The van der Waals surface area contributed by atoms with Crippen molar-refractivity contribution in [3.63, 3.8) is 0 Å². The first kappa shape index (κ1) is 25.5. The molecular formula is C25H32ClNO5. The van der Waals surface area contributed by atoms with Gasteiger partial charge in [-0.1, -0.05) is 44.5 Å². The fraction of sp³-hybridized carbons (Fsp3) is 0.440. The molecule has 0 radical (unpaired) electrons. The maximum absolute atomic E-state index is 12.3. The Labute approximate surface area is 195 Å². The number of nitrogens with one attached hydrogen (secondary N) is 1. The van der Waals surface area contributed by atoms with Crippen LogP contribution in [-0.4, -0.2) is 32.2 Å². The van der Waals surface area contributed by atoms with E-state index in [4.69, 9.17) is 25.8 Å². The van der Waals surface area contributed by atoms with Crippen molar-refractivity contribution in [3.8, 4) is 11.5 Å². The quantitative estimate of drug-likeness (QED) is 0.327. The highest BCUT2D eigenvalue weighted by molar-refractivity contribution is 6.34.